The number of aliphatic hydroxyl groups is 1. The lowest BCUT2D eigenvalue weighted by atomic mass is 9.82. The highest BCUT2D eigenvalue weighted by atomic mass is 16.4. The summed E-state index contributed by atoms with van der Waals surface area (Å²) < 4.78 is 0. The molecule has 0 aliphatic rings. The molecule has 1 atom stereocenters. The van der Waals surface area contributed by atoms with Gasteiger partial charge in [0, 0.05) is 0 Å². The predicted molar refractivity (Wildman–Crippen MR) is 42.3 cm³/mol. The highest BCUT2D eigenvalue weighted by Crippen LogP contribution is 2.26. The van der Waals surface area contributed by atoms with E-state index in [0.29, 0.717) is 0 Å². The van der Waals surface area contributed by atoms with E-state index in [0.717, 1.165) is 6.42 Å². The minimum atomic E-state index is -0.945. The van der Waals surface area contributed by atoms with Gasteiger partial charge in [-0.25, -0.2) is 0 Å². The third-order valence-electron chi connectivity index (χ3n) is 2.18. The van der Waals surface area contributed by atoms with E-state index < -0.39 is 12.1 Å². The predicted octanol–water partition coefficient (Wildman–Crippen LogP) is 1.26. The molecule has 0 saturated carbocycles. The molecule has 11 heavy (non-hydrogen) atoms. The van der Waals surface area contributed by atoms with E-state index in [1.165, 1.54) is 0 Å². The number of hydrogen-bond donors (Lipinski definition) is 2. The van der Waals surface area contributed by atoms with Crippen molar-refractivity contribution in [3.63, 3.8) is 0 Å². The second-order valence-electron chi connectivity index (χ2n) is 3.46. The summed E-state index contributed by atoms with van der Waals surface area (Å²) in [5, 5.41) is 17.7. The SMILES string of the molecule is CCC(C)(C)[C@H](O)CC(=O)O. The molecule has 0 spiro atoms. The van der Waals surface area contributed by atoms with Crippen LogP contribution in [-0.2, 0) is 4.79 Å². The van der Waals surface area contributed by atoms with Crippen molar-refractivity contribution in [2.45, 2.75) is 39.7 Å². The fourth-order valence-electron chi connectivity index (χ4n) is 0.677. The summed E-state index contributed by atoms with van der Waals surface area (Å²) in [5.74, 6) is -0.945. The molecule has 0 amide bonds. The van der Waals surface area contributed by atoms with E-state index in [-0.39, 0.29) is 11.8 Å². The summed E-state index contributed by atoms with van der Waals surface area (Å²) in [5.41, 5.74) is -0.293. The minimum absolute atomic E-state index is 0.166. The van der Waals surface area contributed by atoms with E-state index in [2.05, 4.69) is 0 Å². The number of aliphatic carboxylic acids is 1. The second kappa shape index (κ2) is 3.72. The summed E-state index contributed by atoms with van der Waals surface area (Å²) in [6.07, 6.45) is -0.132. The zero-order valence-corrected chi connectivity index (χ0v) is 7.29. The van der Waals surface area contributed by atoms with Gasteiger partial charge in [-0.3, -0.25) is 4.79 Å². The Morgan fingerprint density at radius 2 is 2.00 bits per heavy atom. The highest BCUT2D eigenvalue weighted by molar-refractivity contribution is 5.67. The van der Waals surface area contributed by atoms with Crippen LogP contribution in [0.2, 0.25) is 0 Å². The van der Waals surface area contributed by atoms with Crippen molar-refractivity contribution in [2.24, 2.45) is 5.41 Å². The molecular formula is C8H16O3. The first kappa shape index (κ1) is 10.4. The zero-order chi connectivity index (χ0) is 9.07. The van der Waals surface area contributed by atoms with Gasteiger partial charge in [0.25, 0.3) is 0 Å². The van der Waals surface area contributed by atoms with Gasteiger partial charge in [-0.15, -0.1) is 0 Å². The van der Waals surface area contributed by atoms with Crippen molar-refractivity contribution in [1.29, 1.82) is 0 Å². The normalized spacial score (nSPS) is 14.5. The largest absolute Gasteiger partial charge is 0.481 e. The van der Waals surface area contributed by atoms with E-state index in [9.17, 15) is 9.90 Å². The van der Waals surface area contributed by atoms with E-state index >= 15 is 0 Å². The van der Waals surface area contributed by atoms with Crippen LogP contribution in [-0.4, -0.2) is 22.3 Å². The molecule has 0 heterocycles. The molecule has 0 aliphatic heterocycles. The van der Waals surface area contributed by atoms with Crippen LogP contribution in [0, 0.1) is 5.41 Å². The van der Waals surface area contributed by atoms with Gasteiger partial charge in [-0.1, -0.05) is 20.8 Å². The highest BCUT2D eigenvalue weighted by Gasteiger charge is 2.27. The van der Waals surface area contributed by atoms with Crippen LogP contribution in [0.15, 0.2) is 0 Å². The molecule has 66 valence electrons. The summed E-state index contributed by atoms with van der Waals surface area (Å²) in [4.78, 5) is 10.2. The van der Waals surface area contributed by atoms with Gasteiger partial charge >= 0.3 is 5.97 Å². The Labute approximate surface area is 67.0 Å². The second-order valence-corrected chi connectivity index (χ2v) is 3.46. The monoisotopic (exact) mass is 160 g/mol. The van der Waals surface area contributed by atoms with Crippen LogP contribution in [0.1, 0.15) is 33.6 Å². The minimum Gasteiger partial charge on any atom is -0.481 e. The van der Waals surface area contributed by atoms with Gasteiger partial charge in [-0.05, 0) is 11.8 Å². The van der Waals surface area contributed by atoms with Crippen molar-refractivity contribution in [3.8, 4) is 0 Å². The zero-order valence-electron chi connectivity index (χ0n) is 7.29. The number of carbonyl (C=O) groups is 1. The van der Waals surface area contributed by atoms with E-state index in [4.69, 9.17) is 5.11 Å². The smallest absolute Gasteiger partial charge is 0.305 e. The number of carboxylic acids is 1. The first-order valence-corrected chi connectivity index (χ1v) is 3.80. The third kappa shape index (κ3) is 3.37. The van der Waals surface area contributed by atoms with Crippen molar-refractivity contribution in [1.82, 2.24) is 0 Å². The molecule has 0 radical (unpaired) electrons. The molecule has 0 bridgehead atoms. The molecule has 3 nitrogen and oxygen atoms in total. The Bertz CT molecular complexity index is 140. The average Bonchev–Trinajstić information content (AvgIpc) is 1.86. The Hall–Kier alpha value is -0.570. The summed E-state index contributed by atoms with van der Waals surface area (Å²) in [6, 6.07) is 0. The van der Waals surface area contributed by atoms with Crippen LogP contribution >= 0.6 is 0 Å². The van der Waals surface area contributed by atoms with Gasteiger partial charge in [0.1, 0.15) is 0 Å². The Balaban J connectivity index is 4.01. The van der Waals surface area contributed by atoms with Crippen molar-refractivity contribution < 1.29 is 15.0 Å². The lowest BCUT2D eigenvalue weighted by Gasteiger charge is -2.27. The van der Waals surface area contributed by atoms with E-state index in [1.807, 2.05) is 20.8 Å². The molecule has 0 aromatic rings. The first-order valence-electron chi connectivity index (χ1n) is 3.80. The van der Waals surface area contributed by atoms with Gasteiger partial charge in [0.05, 0.1) is 12.5 Å². The van der Waals surface area contributed by atoms with Crippen LogP contribution < -0.4 is 0 Å². The summed E-state index contributed by atoms with van der Waals surface area (Å²) in [6.45, 7) is 5.66. The quantitative estimate of drug-likeness (QED) is 0.651. The van der Waals surface area contributed by atoms with Crippen molar-refractivity contribution >= 4 is 5.97 Å². The van der Waals surface area contributed by atoms with Crippen LogP contribution in [0.25, 0.3) is 0 Å². The topological polar surface area (TPSA) is 57.5 Å². The lowest BCUT2D eigenvalue weighted by Crippen LogP contribution is -2.30. The molecule has 2 N–H and O–H groups in total. The molecule has 3 heteroatoms. The van der Waals surface area contributed by atoms with Gasteiger partial charge in [-0.2, -0.15) is 0 Å². The fraction of sp³-hybridized carbons (Fsp3) is 0.875. The lowest BCUT2D eigenvalue weighted by molar-refractivity contribution is -0.141. The number of carboxylic acid groups (broad SMARTS) is 1. The Morgan fingerprint density at radius 1 is 1.55 bits per heavy atom. The van der Waals surface area contributed by atoms with Crippen LogP contribution in [0.4, 0.5) is 0 Å². The number of aliphatic hydroxyl groups excluding tert-OH is 1. The molecule has 0 fully saturated rings. The maximum Gasteiger partial charge on any atom is 0.305 e. The molecule has 0 aliphatic carbocycles. The van der Waals surface area contributed by atoms with Gasteiger partial charge in [0.2, 0.25) is 0 Å². The Kier molecular flexibility index (Phi) is 3.52. The van der Waals surface area contributed by atoms with Gasteiger partial charge in [0.15, 0.2) is 0 Å². The molecule has 0 aromatic carbocycles. The maximum atomic E-state index is 10.2. The molecule has 0 saturated heterocycles. The first-order chi connectivity index (χ1) is 4.90. The van der Waals surface area contributed by atoms with Crippen LogP contribution in [0.3, 0.4) is 0 Å². The summed E-state index contributed by atoms with van der Waals surface area (Å²) >= 11 is 0. The maximum absolute atomic E-state index is 10.2. The van der Waals surface area contributed by atoms with Crippen LogP contribution in [0.5, 0.6) is 0 Å². The van der Waals surface area contributed by atoms with Crippen molar-refractivity contribution in [3.05, 3.63) is 0 Å². The summed E-state index contributed by atoms with van der Waals surface area (Å²) in [7, 11) is 0. The third-order valence-corrected chi connectivity index (χ3v) is 2.18. The van der Waals surface area contributed by atoms with Gasteiger partial charge < -0.3 is 10.2 Å². The standard InChI is InChI=1S/C8H16O3/c1-4-8(2,3)6(9)5-7(10)11/h6,9H,4-5H2,1-3H3,(H,10,11)/t6-/m1/s1. The molecule has 0 aromatic heterocycles. The molecular weight excluding hydrogens is 144 g/mol. The number of hydrogen-bond acceptors (Lipinski definition) is 2. The van der Waals surface area contributed by atoms with Crippen molar-refractivity contribution in [2.75, 3.05) is 0 Å². The van der Waals surface area contributed by atoms with E-state index in [1.54, 1.807) is 0 Å². The number of rotatable bonds is 4. The Morgan fingerprint density at radius 3 is 2.27 bits per heavy atom. The molecule has 0 rings (SSSR count). The fourth-order valence-corrected chi connectivity index (χ4v) is 0.677. The average molecular weight is 160 g/mol. The molecule has 0 unspecified atom stereocenters.